The number of rotatable bonds is 5. The molecule has 0 amide bonds. The molecule has 18 heavy (non-hydrogen) atoms. The fourth-order valence-electron chi connectivity index (χ4n) is 2.13. The number of anilines is 1. The van der Waals surface area contributed by atoms with Crippen molar-refractivity contribution < 1.29 is 4.74 Å². The van der Waals surface area contributed by atoms with Crippen molar-refractivity contribution >= 4 is 17.4 Å². The van der Waals surface area contributed by atoms with Gasteiger partial charge in [-0.2, -0.15) is 4.98 Å². The Bertz CT molecular complexity index is 375. The first-order valence-corrected chi connectivity index (χ1v) is 7.08. The van der Waals surface area contributed by atoms with Crippen molar-refractivity contribution in [1.82, 2.24) is 9.97 Å². The molecule has 1 aliphatic carbocycles. The molecular formula is C13H20ClN3O. The van der Waals surface area contributed by atoms with E-state index in [1.54, 1.807) is 12.4 Å². The quantitative estimate of drug-likeness (QED) is 0.834. The summed E-state index contributed by atoms with van der Waals surface area (Å²) < 4.78 is 5.47. The zero-order chi connectivity index (χ0) is 12.8. The Morgan fingerprint density at radius 1 is 1.39 bits per heavy atom. The van der Waals surface area contributed by atoms with Crippen LogP contribution in [0.15, 0.2) is 12.4 Å². The number of nitrogens with one attached hydrogen (secondary N) is 1. The lowest BCUT2D eigenvalue weighted by atomic mass is 9.95. The third-order valence-corrected chi connectivity index (χ3v) is 3.60. The van der Waals surface area contributed by atoms with Crippen molar-refractivity contribution in [1.29, 1.82) is 0 Å². The second kappa shape index (κ2) is 6.78. The van der Waals surface area contributed by atoms with Crippen molar-refractivity contribution in [3.05, 3.63) is 12.4 Å². The largest absolute Gasteiger partial charge is 0.477 e. The molecule has 0 saturated heterocycles. The summed E-state index contributed by atoms with van der Waals surface area (Å²) in [4.78, 5) is 8.52. The van der Waals surface area contributed by atoms with E-state index in [2.05, 4.69) is 22.2 Å². The van der Waals surface area contributed by atoms with Crippen molar-refractivity contribution in [2.24, 2.45) is 0 Å². The van der Waals surface area contributed by atoms with E-state index < -0.39 is 0 Å². The van der Waals surface area contributed by atoms with E-state index in [0.29, 0.717) is 12.5 Å². The van der Waals surface area contributed by atoms with Gasteiger partial charge in [-0.3, -0.25) is 4.98 Å². The van der Waals surface area contributed by atoms with E-state index in [1.807, 2.05) is 0 Å². The van der Waals surface area contributed by atoms with Crippen molar-refractivity contribution in [2.75, 3.05) is 11.9 Å². The first-order chi connectivity index (χ1) is 8.79. The van der Waals surface area contributed by atoms with Crippen molar-refractivity contribution in [2.45, 2.75) is 50.4 Å². The van der Waals surface area contributed by atoms with Gasteiger partial charge in [0.15, 0.2) is 0 Å². The summed E-state index contributed by atoms with van der Waals surface area (Å²) in [7, 11) is 0. The lowest BCUT2D eigenvalue weighted by Crippen LogP contribution is -2.33. The molecule has 0 bridgehead atoms. The maximum Gasteiger partial charge on any atom is 0.234 e. The molecule has 1 fully saturated rings. The van der Waals surface area contributed by atoms with E-state index in [4.69, 9.17) is 16.3 Å². The monoisotopic (exact) mass is 269 g/mol. The summed E-state index contributed by atoms with van der Waals surface area (Å²) in [5.74, 6) is 1.32. The summed E-state index contributed by atoms with van der Waals surface area (Å²) in [5.41, 5.74) is 0. The summed E-state index contributed by atoms with van der Waals surface area (Å²) in [6.07, 6.45) is 8.93. The Balaban J connectivity index is 1.95. The molecule has 0 aromatic carbocycles. The molecule has 1 N–H and O–H groups in total. The Hall–Kier alpha value is -1.03. The van der Waals surface area contributed by atoms with Gasteiger partial charge in [0.05, 0.1) is 24.4 Å². The molecule has 0 aliphatic heterocycles. The number of hydrogen-bond acceptors (Lipinski definition) is 4. The molecule has 1 saturated carbocycles. The molecule has 1 aromatic heterocycles. The topological polar surface area (TPSA) is 47.0 Å². The average Bonchev–Trinajstić information content (AvgIpc) is 2.40. The second-order valence-corrected chi connectivity index (χ2v) is 5.20. The Morgan fingerprint density at radius 3 is 3.00 bits per heavy atom. The van der Waals surface area contributed by atoms with Crippen molar-refractivity contribution in [3.63, 3.8) is 0 Å². The van der Waals surface area contributed by atoms with Crippen LogP contribution in [0.2, 0.25) is 0 Å². The molecule has 4 nitrogen and oxygen atoms in total. The smallest absolute Gasteiger partial charge is 0.234 e. The van der Waals surface area contributed by atoms with Gasteiger partial charge < -0.3 is 10.1 Å². The molecule has 0 radical (unpaired) electrons. The lowest BCUT2D eigenvalue weighted by molar-refractivity contribution is 0.304. The molecule has 2 atom stereocenters. The van der Waals surface area contributed by atoms with Crippen LogP contribution < -0.4 is 10.1 Å². The minimum atomic E-state index is 0.181. The van der Waals surface area contributed by atoms with E-state index in [-0.39, 0.29) is 11.4 Å². The van der Waals surface area contributed by atoms with Gasteiger partial charge in [0.25, 0.3) is 0 Å². The number of hydrogen-bond donors (Lipinski definition) is 1. The second-order valence-electron chi connectivity index (χ2n) is 4.64. The van der Waals surface area contributed by atoms with Crippen LogP contribution in [-0.4, -0.2) is 28.0 Å². The molecule has 0 spiro atoms. The Labute approximate surface area is 113 Å². The van der Waals surface area contributed by atoms with E-state index >= 15 is 0 Å². The van der Waals surface area contributed by atoms with E-state index in [1.165, 1.54) is 12.8 Å². The van der Waals surface area contributed by atoms with E-state index in [9.17, 15) is 0 Å². The standard InChI is InChI=1S/C13H20ClN3O/c1-2-7-18-13-9-15-8-12(17-13)16-11-6-4-3-5-10(11)14/h8-11H,2-7H2,1H3,(H,16,17). The molecular weight excluding hydrogens is 250 g/mol. The fourth-order valence-corrected chi connectivity index (χ4v) is 2.48. The third-order valence-electron chi connectivity index (χ3n) is 3.08. The molecule has 2 unspecified atom stereocenters. The minimum absolute atomic E-state index is 0.181. The predicted octanol–water partition coefficient (Wildman–Crippen LogP) is 3.23. The third kappa shape index (κ3) is 3.73. The molecule has 1 aromatic rings. The number of halogens is 1. The van der Waals surface area contributed by atoms with Gasteiger partial charge in [0.2, 0.25) is 5.88 Å². The normalized spacial score (nSPS) is 23.7. The maximum atomic E-state index is 6.31. The van der Waals surface area contributed by atoms with Crippen LogP contribution in [0.3, 0.4) is 0 Å². The van der Waals surface area contributed by atoms with Crippen LogP contribution in [0.4, 0.5) is 5.82 Å². The SMILES string of the molecule is CCCOc1cncc(NC2CCCCC2Cl)n1. The van der Waals surface area contributed by atoms with Gasteiger partial charge >= 0.3 is 0 Å². The molecule has 2 rings (SSSR count). The minimum Gasteiger partial charge on any atom is -0.477 e. The fraction of sp³-hybridized carbons (Fsp3) is 0.692. The number of nitrogens with zero attached hydrogens (tertiary/aromatic N) is 2. The Morgan fingerprint density at radius 2 is 2.22 bits per heavy atom. The summed E-state index contributed by atoms with van der Waals surface area (Å²) in [6, 6.07) is 0.288. The van der Waals surface area contributed by atoms with Gasteiger partial charge in [-0.1, -0.05) is 19.8 Å². The zero-order valence-corrected chi connectivity index (χ0v) is 11.5. The first-order valence-electron chi connectivity index (χ1n) is 6.65. The average molecular weight is 270 g/mol. The van der Waals surface area contributed by atoms with Crippen LogP contribution >= 0.6 is 11.6 Å². The van der Waals surface area contributed by atoms with Gasteiger partial charge in [0.1, 0.15) is 5.82 Å². The van der Waals surface area contributed by atoms with Crippen LogP contribution in [0.5, 0.6) is 5.88 Å². The Kier molecular flexibility index (Phi) is 5.05. The highest BCUT2D eigenvalue weighted by molar-refractivity contribution is 6.21. The van der Waals surface area contributed by atoms with Gasteiger partial charge in [-0.15, -0.1) is 11.6 Å². The summed E-state index contributed by atoms with van der Waals surface area (Å²) in [5, 5.41) is 3.54. The highest BCUT2D eigenvalue weighted by Gasteiger charge is 2.23. The van der Waals surface area contributed by atoms with Crippen molar-refractivity contribution in [3.8, 4) is 5.88 Å². The zero-order valence-electron chi connectivity index (χ0n) is 10.7. The number of aromatic nitrogens is 2. The van der Waals surface area contributed by atoms with Crippen LogP contribution in [0.25, 0.3) is 0 Å². The summed E-state index contributed by atoms with van der Waals surface area (Å²) >= 11 is 6.31. The van der Waals surface area contributed by atoms with Gasteiger partial charge in [-0.25, -0.2) is 0 Å². The highest BCUT2D eigenvalue weighted by atomic mass is 35.5. The number of ether oxygens (including phenoxy) is 1. The molecule has 5 heteroatoms. The molecule has 1 aliphatic rings. The van der Waals surface area contributed by atoms with E-state index in [0.717, 1.165) is 25.1 Å². The predicted molar refractivity (Wildman–Crippen MR) is 73.3 cm³/mol. The van der Waals surface area contributed by atoms with Crippen LogP contribution in [0.1, 0.15) is 39.0 Å². The lowest BCUT2D eigenvalue weighted by Gasteiger charge is -2.28. The van der Waals surface area contributed by atoms with Gasteiger partial charge in [-0.05, 0) is 19.3 Å². The molecule has 100 valence electrons. The highest BCUT2D eigenvalue weighted by Crippen LogP contribution is 2.25. The van der Waals surface area contributed by atoms with Crippen LogP contribution in [-0.2, 0) is 0 Å². The van der Waals surface area contributed by atoms with Crippen LogP contribution in [0, 0.1) is 0 Å². The summed E-state index contributed by atoms with van der Waals surface area (Å²) in [6.45, 7) is 2.73. The van der Waals surface area contributed by atoms with Gasteiger partial charge in [0, 0.05) is 6.04 Å². The number of alkyl halides is 1. The maximum absolute atomic E-state index is 6.31. The first kappa shape index (κ1) is 13.4. The molecule has 1 heterocycles.